The first-order valence-corrected chi connectivity index (χ1v) is 5.69. The third-order valence-corrected chi connectivity index (χ3v) is 2.76. The summed E-state index contributed by atoms with van der Waals surface area (Å²) in [4.78, 5) is 0. The first kappa shape index (κ1) is 13.9. The molecule has 3 nitrogen and oxygen atoms in total. The molecule has 0 atom stereocenters. The molecular formula is C14H10F3N3. The zero-order valence-corrected chi connectivity index (χ0v) is 10.4. The van der Waals surface area contributed by atoms with Crippen LogP contribution in [0.1, 0.15) is 11.1 Å². The second kappa shape index (κ2) is 5.21. The Morgan fingerprint density at radius 3 is 2.75 bits per heavy atom. The summed E-state index contributed by atoms with van der Waals surface area (Å²) >= 11 is 0. The molecule has 0 aliphatic rings. The minimum atomic E-state index is -4.47. The Morgan fingerprint density at radius 1 is 1.40 bits per heavy atom. The molecule has 2 rings (SSSR count). The van der Waals surface area contributed by atoms with Gasteiger partial charge in [0, 0.05) is 11.8 Å². The summed E-state index contributed by atoms with van der Waals surface area (Å²) in [5.41, 5.74) is 0.00683. The lowest BCUT2D eigenvalue weighted by Crippen LogP contribution is -2.07. The number of aromatic nitrogens is 2. The average molecular weight is 277 g/mol. The number of alkyl halides is 3. The average Bonchev–Trinajstić information content (AvgIpc) is 2.86. The highest BCUT2D eigenvalue weighted by molar-refractivity contribution is 5.69. The number of benzene rings is 1. The van der Waals surface area contributed by atoms with E-state index in [1.807, 2.05) is 6.07 Å². The van der Waals surface area contributed by atoms with Crippen LogP contribution in [0.3, 0.4) is 0 Å². The molecule has 0 amide bonds. The van der Waals surface area contributed by atoms with Gasteiger partial charge in [0.2, 0.25) is 0 Å². The molecule has 1 aromatic carbocycles. The Kier molecular flexibility index (Phi) is 3.61. The van der Waals surface area contributed by atoms with E-state index in [4.69, 9.17) is 5.26 Å². The summed E-state index contributed by atoms with van der Waals surface area (Å²) in [5, 5.41) is 12.4. The van der Waals surface area contributed by atoms with Crippen molar-refractivity contribution in [1.29, 1.82) is 5.26 Å². The van der Waals surface area contributed by atoms with Gasteiger partial charge in [-0.25, -0.2) is 0 Å². The smallest absolute Gasteiger partial charge is 0.258 e. The number of nitrogens with zero attached hydrogens (tertiary/aromatic N) is 3. The van der Waals surface area contributed by atoms with Crippen LogP contribution in [0.5, 0.6) is 0 Å². The molecule has 1 heterocycles. The largest absolute Gasteiger partial charge is 0.417 e. The fourth-order valence-electron chi connectivity index (χ4n) is 1.84. The molecule has 0 spiro atoms. The van der Waals surface area contributed by atoms with E-state index >= 15 is 0 Å². The Labute approximate surface area is 113 Å². The highest BCUT2D eigenvalue weighted by Crippen LogP contribution is 2.37. The van der Waals surface area contributed by atoms with Crippen LogP contribution in [0.2, 0.25) is 0 Å². The van der Waals surface area contributed by atoms with E-state index in [0.717, 1.165) is 6.07 Å². The summed E-state index contributed by atoms with van der Waals surface area (Å²) in [6.45, 7) is 3.46. The van der Waals surface area contributed by atoms with E-state index in [2.05, 4.69) is 11.7 Å². The van der Waals surface area contributed by atoms with Gasteiger partial charge < -0.3 is 0 Å². The van der Waals surface area contributed by atoms with Crippen LogP contribution in [-0.2, 0) is 12.7 Å². The van der Waals surface area contributed by atoms with Crippen molar-refractivity contribution in [3.63, 3.8) is 0 Å². The van der Waals surface area contributed by atoms with Crippen LogP contribution >= 0.6 is 0 Å². The fraction of sp³-hybridized carbons (Fsp3) is 0.143. The second-order valence-corrected chi connectivity index (χ2v) is 4.09. The van der Waals surface area contributed by atoms with Gasteiger partial charge in [-0.15, -0.1) is 0 Å². The van der Waals surface area contributed by atoms with Gasteiger partial charge in [0.1, 0.15) is 6.54 Å². The normalized spacial score (nSPS) is 11.1. The summed E-state index contributed by atoms with van der Waals surface area (Å²) < 4.78 is 40.6. The van der Waals surface area contributed by atoms with Crippen molar-refractivity contribution in [3.8, 4) is 17.2 Å². The van der Waals surface area contributed by atoms with Crippen molar-refractivity contribution in [3.05, 3.63) is 48.3 Å². The zero-order valence-electron chi connectivity index (χ0n) is 10.4. The molecule has 0 fully saturated rings. The molecule has 0 saturated heterocycles. The van der Waals surface area contributed by atoms with Crippen LogP contribution in [0.25, 0.3) is 17.2 Å². The molecule has 0 unspecified atom stereocenters. The van der Waals surface area contributed by atoms with E-state index in [9.17, 15) is 13.2 Å². The zero-order chi connectivity index (χ0) is 14.8. The molecule has 6 heteroatoms. The third-order valence-electron chi connectivity index (χ3n) is 2.76. The Bertz CT molecular complexity index is 678. The molecule has 0 radical (unpaired) electrons. The molecule has 0 aliphatic carbocycles. The lowest BCUT2D eigenvalue weighted by molar-refractivity contribution is -0.137. The first-order chi connectivity index (χ1) is 9.45. The number of rotatable bonds is 3. The van der Waals surface area contributed by atoms with Crippen LogP contribution < -0.4 is 0 Å². The van der Waals surface area contributed by atoms with Crippen molar-refractivity contribution in [2.45, 2.75) is 12.7 Å². The monoisotopic (exact) mass is 277 g/mol. The highest BCUT2D eigenvalue weighted by Gasteiger charge is 2.34. The van der Waals surface area contributed by atoms with Gasteiger partial charge in [0.05, 0.1) is 17.8 Å². The SMILES string of the molecule is C=Cc1ccc(-c2cnn(CC#N)c2)c(C(F)(F)F)c1. The molecule has 0 bridgehead atoms. The first-order valence-electron chi connectivity index (χ1n) is 5.69. The van der Waals surface area contributed by atoms with Gasteiger partial charge in [-0.1, -0.05) is 24.8 Å². The predicted octanol–water partition coefficient (Wildman–Crippen LogP) is 3.74. The molecule has 0 aliphatic heterocycles. The number of hydrogen-bond donors (Lipinski definition) is 0. The topological polar surface area (TPSA) is 41.6 Å². The lowest BCUT2D eigenvalue weighted by Gasteiger charge is -2.12. The second-order valence-electron chi connectivity index (χ2n) is 4.09. The Balaban J connectivity index is 2.55. The summed E-state index contributed by atoms with van der Waals surface area (Å²) in [6.07, 6.45) is -0.374. The minimum absolute atomic E-state index is 0.00784. The molecule has 2 aromatic rings. The highest BCUT2D eigenvalue weighted by atomic mass is 19.4. The lowest BCUT2D eigenvalue weighted by atomic mass is 9.99. The van der Waals surface area contributed by atoms with Crippen LogP contribution in [0.15, 0.2) is 37.2 Å². The van der Waals surface area contributed by atoms with Gasteiger partial charge in [-0.05, 0) is 17.2 Å². The number of nitriles is 1. The van der Waals surface area contributed by atoms with Gasteiger partial charge in [0.15, 0.2) is 0 Å². The van der Waals surface area contributed by atoms with Crippen LogP contribution in [0.4, 0.5) is 13.2 Å². The maximum atomic E-state index is 13.1. The minimum Gasteiger partial charge on any atom is -0.258 e. The van der Waals surface area contributed by atoms with E-state index < -0.39 is 11.7 Å². The van der Waals surface area contributed by atoms with Gasteiger partial charge in [-0.2, -0.15) is 23.5 Å². The van der Waals surface area contributed by atoms with E-state index in [1.165, 1.54) is 29.2 Å². The summed E-state index contributed by atoms with van der Waals surface area (Å²) in [6, 6.07) is 5.86. The van der Waals surface area contributed by atoms with E-state index in [1.54, 1.807) is 6.07 Å². The van der Waals surface area contributed by atoms with Crippen molar-refractivity contribution in [2.24, 2.45) is 0 Å². The van der Waals surface area contributed by atoms with Gasteiger partial charge >= 0.3 is 6.18 Å². The molecular weight excluding hydrogens is 267 g/mol. The Morgan fingerprint density at radius 2 is 2.15 bits per heavy atom. The van der Waals surface area contributed by atoms with E-state index in [0.29, 0.717) is 11.1 Å². The molecule has 20 heavy (non-hydrogen) atoms. The van der Waals surface area contributed by atoms with Crippen LogP contribution in [-0.4, -0.2) is 9.78 Å². The standard InChI is InChI=1S/C14H10F3N3/c1-2-10-3-4-12(13(7-10)14(15,16)17)11-8-19-20(9-11)6-5-18/h2-4,7-9H,1,6H2. The maximum absolute atomic E-state index is 13.1. The number of hydrogen-bond acceptors (Lipinski definition) is 2. The molecule has 1 aromatic heterocycles. The van der Waals surface area contributed by atoms with Gasteiger partial charge in [0.25, 0.3) is 0 Å². The van der Waals surface area contributed by atoms with Crippen molar-refractivity contribution in [1.82, 2.24) is 9.78 Å². The van der Waals surface area contributed by atoms with Crippen LogP contribution in [0, 0.1) is 11.3 Å². The molecule has 0 saturated carbocycles. The Hall–Kier alpha value is -2.55. The van der Waals surface area contributed by atoms with Gasteiger partial charge in [-0.3, -0.25) is 4.68 Å². The fourth-order valence-corrected chi connectivity index (χ4v) is 1.84. The van der Waals surface area contributed by atoms with Crippen molar-refractivity contribution < 1.29 is 13.2 Å². The van der Waals surface area contributed by atoms with Crippen molar-refractivity contribution in [2.75, 3.05) is 0 Å². The van der Waals surface area contributed by atoms with E-state index in [-0.39, 0.29) is 12.1 Å². The third kappa shape index (κ3) is 2.72. The maximum Gasteiger partial charge on any atom is 0.417 e. The van der Waals surface area contributed by atoms with Crippen molar-refractivity contribution >= 4 is 6.08 Å². The molecule has 102 valence electrons. The molecule has 0 N–H and O–H groups in total. The predicted molar refractivity (Wildman–Crippen MR) is 68.4 cm³/mol. The quantitative estimate of drug-likeness (QED) is 0.857. The summed E-state index contributed by atoms with van der Waals surface area (Å²) in [7, 11) is 0. The number of halogens is 3. The summed E-state index contributed by atoms with van der Waals surface area (Å²) in [5.74, 6) is 0.